The minimum atomic E-state index is -10.7. The van der Waals surface area contributed by atoms with Crippen molar-refractivity contribution >= 4 is 23.4 Å². The Morgan fingerprint density at radius 2 is 0.611 bits per heavy atom. The van der Waals surface area contributed by atoms with E-state index in [1.165, 1.54) is 11.1 Å². The fourth-order valence-electron chi connectivity index (χ4n) is 1.35. The van der Waals surface area contributed by atoms with Crippen molar-refractivity contribution in [2.24, 2.45) is 0 Å². The molecule has 0 unspecified atom stereocenters. The number of pyridine rings is 2. The number of halogens is 18. The van der Waals surface area contributed by atoms with Crippen molar-refractivity contribution in [1.29, 1.82) is 0 Å². The van der Waals surface area contributed by atoms with Gasteiger partial charge in [0.15, 0.2) is 0 Å². The predicted molar refractivity (Wildman–Crippen MR) is 97.6 cm³/mol. The van der Waals surface area contributed by atoms with Gasteiger partial charge in [-0.3, -0.25) is 9.97 Å². The topological polar surface area (TPSA) is 25.8 Å². The fraction of sp³-hybridized carbons (Fsp3) is 0.167. The number of hydrogen-bond donors (Lipinski definition) is 0. The largest absolute Gasteiger partial charge is 3.00 e. The van der Waals surface area contributed by atoms with Gasteiger partial charge in [0, 0.05) is 12.4 Å². The summed E-state index contributed by atoms with van der Waals surface area (Å²) in [6.45, 7) is 4.11. The minimum Gasteiger partial charge on any atom is 3.00 e. The summed E-state index contributed by atoms with van der Waals surface area (Å²) in [6.07, 6.45) is 3.63. The van der Waals surface area contributed by atoms with Gasteiger partial charge in [-0.25, -0.2) is 0 Å². The van der Waals surface area contributed by atoms with Gasteiger partial charge in [-0.05, 0) is 49.2 Å². The summed E-state index contributed by atoms with van der Waals surface area (Å²) in [5.41, 5.74) is 4.29. The molecule has 2 aromatic heterocycles. The number of rotatable bonds is 1. The molecule has 0 aliphatic heterocycles. The van der Waals surface area contributed by atoms with Gasteiger partial charge in [0.05, 0.1) is 11.4 Å². The van der Waals surface area contributed by atoms with E-state index >= 15 is 0 Å². The number of hydrogen-bond acceptors (Lipinski definition) is 2. The molecular weight excluding hydrogens is 708 g/mol. The van der Waals surface area contributed by atoms with Crippen LogP contribution in [-0.2, 0) is 19.5 Å². The average Bonchev–Trinajstić information content (AvgIpc) is 2.37. The van der Waals surface area contributed by atoms with Crippen LogP contribution in [0.25, 0.3) is 11.4 Å². The molecule has 2 rings (SSSR count). The Labute approximate surface area is 202 Å². The van der Waals surface area contributed by atoms with Crippen LogP contribution in [0.2, 0.25) is 0 Å². The first kappa shape index (κ1) is 39.5. The molecule has 0 aliphatic carbocycles. The van der Waals surface area contributed by atoms with Crippen LogP contribution in [0.5, 0.6) is 0 Å². The van der Waals surface area contributed by atoms with E-state index in [0.717, 1.165) is 11.4 Å². The first-order chi connectivity index (χ1) is 14.1. The summed E-state index contributed by atoms with van der Waals surface area (Å²) in [5.74, 6) is 0. The molecule has 36 heavy (non-hydrogen) atoms. The van der Waals surface area contributed by atoms with Crippen LogP contribution in [-0.4, -0.2) is 9.97 Å². The molecule has 0 saturated carbocycles. The summed E-state index contributed by atoms with van der Waals surface area (Å²) >= 11 is 0. The van der Waals surface area contributed by atoms with Gasteiger partial charge in [0.2, 0.25) is 0 Å². The maximum Gasteiger partial charge on any atom is 3.00 e. The van der Waals surface area contributed by atoms with E-state index in [2.05, 4.69) is 23.8 Å². The molecule has 0 atom stereocenters. The number of nitrogens with zero attached hydrogens (tertiary/aromatic N) is 2. The van der Waals surface area contributed by atoms with Gasteiger partial charge in [0.1, 0.15) is 0 Å². The van der Waals surface area contributed by atoms with E-state index in [1.54, 1.807) is 0 Å². The van der Waals surface area contributed by atoms with Crippen molar-refractivity contribution < 1.29 is 95.0 Å². The standard InChI is InChI=1S/C12H12N2.3F6P.Ru/c1-9-3-5-13-11(7-9)12-8-10(2)4-6-14-12;3*1-7(2,3,4,5)6;/h3-8H,1-2H3;;;;/q;3*-1;+3. The van der Waals surface area contributed by atoms with Gasteiger partial charge in [-0.2, -0.15) is 0 Å². The van der Waals surface area contributed by atoms with Crippen LogP contribution in [0.15, 0.2) is 36.7 Å². The summed E-state index contributed by atoms with van der Waals surface area (Å²) in [6, 6.07) is 8.06. The second-order valence-corrected chi connectivity index (χ2v) is 12.1. The van der Waals surface area contributed by atoms with Crippen LogP contribution in [0.3, 0.4) is 0 Å². The normalized spacial score (nSPS) is 17.4. The molecule has 2 heterocycles. The van der Waals surface area contributed by atoms with E-state index in [1.807, 2.05) is 36.7 Å². The Kier molecular flexibility index (Phi) is 9.88. The summed E-state index contributed by atoms with van der Waals surface area (Å²) < 4.78 is 178. The first-order valence-corrected chi connectivity index (χ1v) is 13.7. The zero-order valence-corrected chi connectivity index (χ0v) is 21.3. The molecule has 0 fully saturated rings. The Morgan fingerprint density at radius 3 is 0.750 bits per heavy atom. The molecule has 0 bridgehead atoms. The van der Waals surface area contributed by atoms with Crippen LogP contribution in [0.4, 0.5) is 75.5 Å². The molecule has 0 spiro atoms. The Bertz CT molecular complexity index is 883. The molecule has 24 heteroatoms. The van der Waals surface area contributed by atoms with Crippen molar-refractivity contribution in [2.75, 3.05) is 0 Å². The summed E-state index contributed by atoms with van der Waals surface area (Å²) in [7, 11) is -32.0. The third kappa shape index (κ3) is 63.9. The molecule has 0 aliphatic rings. The quantitative estimate of drug-likeness (QED) is 0.167. The summed E-state index contributed by atoms with van der Waals surface area (Å²) in [5, 5.41) is 0. The fourth-order valence-corrected chi connectivity index (χ4v) is 1.35. The van der Waals surface area contributed by atoms with E-state index in [0.29, 0.717) is 0 Å². The zero-order valence-electron chi connectivity index (χ0n) is 16.9. The maximum absolute atomic E-state index is 10.7. The molecule has 1 radical (unpaired) electrons. The van der Waals surface area contributed by atoms with Crippen molar-refractivity contribution in [3.05, 3.63) is 47.8 Å². The third-order valence-corrected chi connectivity index (χ3v) is 2.09. The van der Waals surface area contributed by atoms with Crippen molar-refractivity contribution in [2.45, 2.75) is 13.8 Å². The van der Waals surface area contributed by atoms with E-state index < -0.39 is 23.4 Å². The second kappa shape index (κ2) is 9.01. The van der Waals surface area contributed by atoms with Crippen molar-refractivity contribution in [1.82, 2.24) is 9.97 Å². The van der Waals surface area contributed by atoms with E-state index in [4.69, 9.17) is 0 Å². The van der Waals surface area contributed by atoms with E-state index in [9.17, 15) is 75.5 Å². The van der Waals surface area contributed by atoms with Crippen molar-refractivity contribution in [3.8, 4) is 11.4 Å². The van der Waals surface area contributed by atoms with Crippen molar-refractivity contribution in [3.63, 3.8) is 0 Å². The molecule has 219 valence electrons. The molecular formula is C12H12F18N2P3Ru. The predicted octanol–water partition coefficient (Wildman–Crippen LogP) is 12.9. The first-order valence-electron chi connectivity index (χ1n) is 7.65. The minimum absolute atomic E-state index is 0. The number of aryl methyl sites for hydroxylation is 2. The Morgan fingerprint density at radius 1 is 0.444 bits per heavy atom. The van der Waals surface area contributed by atoms with Crippen LogP contribution >= 0.6 is 23.4 Å². The van der Waals surface area contributed by atoms with Gasteiger partial charge in [-0.1, -0.05) is 0 Å². The van der Waals surface area contributed by atoms with E-state index in [-0.39, 0.29) is 19.5 Å². The van der Waals surface area contributed by atoms with Gasteiger partial charge in [0.25, 0.3) is 0 Å². The molecule has 2 nitrogen and oxygen atoms in total. The van der Waals surface area contributed by atoms with Crippen LogP contribution in [0.1, 0.15) is 11.1 Å². The second-order valence-electron chi connectivity index (χ2n) is 6.31. The van der Waals surface area contributed by atoms with Crippen LogP contribution in [0, 0.1) is 13.8 Å². The average molecular weight is 720 g/mol. The zero-order chi connectivity index (χ0) is 29.2. The summed E-state index contributed by atoms with van der Waals surface area (Å²) in [4.78, 5) is 8.58. The SMILES string of the molecule is Cc1ccnc(-c2cc(C)ccn2)c1.F[P-](F)(F)(F)(F)F.F[P-](F)(F)(F)(F)F.F[P-](F)(F)(F)(F)F.[Ru+3]. The maximum atomic E-state index is 9.87. The van der Waals surface area contributed by atoms with Gasteiger partial charge in [-0.15, -0.1) is 0 Å². The smallest absolute Gasteiger partial charge is 3.00 e. The van der Waals surface area contributed by atoms with Gasteiger partial charge < -0.3 is 0 Å². The van der Waals surface area contributed by atoms with Crippen LogP contribution < -0.4 is 0 Å². The molecule has 0 aromatic carbocycles. The molecule has 2 aromatic rings. The molecule has 0 saturated heterocycles. The Hall–Kier alpha value is -1.05. The molecule has 0 N–H and O–H groups in total. The number of aromatic nitrogens is 2. The molecule has 0 amide bonds. The monoisotopic (exact) mass is 721 g/mol. The van der Waals surface area contributed by atoms with Gasteiger partial charge >= 0.3 is 118 Å². The third-order valence-electron chi connectivity index (χ3n) is 2.09. The Balaban J connectivity index is -0.000000430.